The van der Waals surface area contributed by atoms with Gasteiger partial charge in [-0.2, -0.15) is 0 Å². The Labute approximate surface area is 150 Å². The molecule has 0 aliphatic rings. The third-order valence-electron chi connectivity index (χ3n) is 3.28. The van der Waals surface area contributed by atoms with Crippen molar-refractivity contribution in [3.05, 3.63) is 48.3 Å². The van der Waals surface area contributed by atoms with Gasteiger partial charge in [0, 0.05) is 37.7 Å². The Morgan fingerprint density at radius 1 is 1.12 bits per heavy atom. The molecule has 0 bridgehead atoms. The van der Waals surface area contributed by atoms with Gasteiger partial charge in [0.05, 0.1) is 0 Å². The first-order valence-corrected chi connectivity index (χ1v) is 7.75. The van der Waals surface area contributed by atoms with E-state index in [0.29, 0.717) is 17.2 Å². The second-order valence-electron chi connectivity index (χ2n) is 5.27. The zero-order chi connectivity index (χ0) is 18.9. The number of anilines is 2. The first kappa shape index (κ1) is 18.8. The van der Waals surface area contributed by atoms with Crippen LogP contribution in [0.1, 0.15) is 10.4 Å². The zero-order valence-corrected chi connectivity index (χ0v) is 14.4. The fourth-order valence-electron chi connectivity index (χ4n) is 1.99. The molecular weight excluding hydrogens is 338 g/mol. The third-order valence-corrected chi connectivity index (χ3v) is 3.28. The molecule has 2 N–H and O–H groups in total. The van der Waals surface area contributed by atoms with Crippen LogP contribution < -0.4 is 15.5 Å². The molecule has 0 saturated carbocycles. The van der Waals surface area contributed by atoms with Gasteiger partial charge in [-0.1, -0.05) is 0 Å². The molecule has 1 heterocycles. The van der Waals surface area contributed by atoms with Crippen LogP contribution in [0, 0.1) is 0 Å². The van der Waals surface area contributed by atoms with Gasteiger partial charge in [0.2, 0.25) is 5.95 Å². The van der Waals surface area contributed by atoms with Gasteiger partial charge in [0.15, 0.2) is 6.61 Å². The summed E-state index contributed by atoms with van der Waals surface area (Å²) < 4.78 is 4.94. The lowest BCUT2D eigenvalue weighted by Crippen LogP contribution is -2.30. The van der Waals surface area contributed by atoms with Crippen LogP contribution in [-0.4, -0.2) is 55.0 Å². The molecule has 2 amide bonds. The molecule has 2 aromatic rings. The lowest BCUT2D eigenvalue weighted by atomic mass is 10.2. The summed E-state index contributed by atoms with van der Waals surface area (Å²) in [5.41, 5.74) is 0.969. The van der Waals surface area contributed by atoms with Crippen LogP contribution in [0.4, 0.5) is 11.6 Å². The number of likely N-dealkylation sites (N-methyl/N-ethyl adjacent to an activating group) is 1. The minimum atomic E-state index is -0.579. The highest BCUT2D eigenvalue weighted by atomic mass is 16.5. The largest absolute Gasteiger partial charge is 0.454 e. The number of nitrogens with zero attached hydrogens (tertiary/aromatic N) is 3. The van der Waals surface area contributed by atoms with E-state index in [-0.39, 0.29) is 12.5 Å². The van der Waals surface area contributed by atoms with Crippen LogP contribution in [0.3, 0.4) is 0 Å². The second kappa shape index (κ2) is 9.11. The van der Waals surface area contributed by atoms with Gasteiger partial charge in [-0.3, -0.25) is 14.4 Å². The number of hydrogen-bond donors (Lipinski definition) is 2. The SMILES string of the molecule is CNC(=O)c1ccc(NC(=O)COC(=O)CN(C)c2ncccn2)cc1. The summed E-state index contributed by atoms with van der Waals surface area (Å²) in [4.78, 5) is 44.6. The van der Waals surface area contributed by atoms with Crippen molar-refractivity contribution in [2.24, 2.45) is 0 Å². The van der Waals surface area contributed by atoms with Crippen LogP contribution in [-0.2, 0) is 14.3 Å². The maximum Gasteiger partial charge on any atom is 0.326 e. The number of benzene rings is 1. The molecule has 1 aromatic heterocycles. The van der Waals surface area contributed by atoms with E-state index >= 15 is 0 Å². The number of amides is 2. The van der Waals surface area contributed by atoms with E-state index < -0.39 is 18.5 Å². The first-order valence-electron chi connectivity index (χ1n) is 7.75. The van der Waals surface area contributed by atoms with Crippen molar-refractivity contribution in [2.75, 3.05) is 37.5 Å². The van der Waals surface area contributed by atoms with E-state index in [0.717, 1.165) is 0 Å². The van der Waals surface area contributed by atoms with Crippen LogP contribution in [0.5, 0.6) is 0 Å². The number of carbonyl (C=O) groups excluding carboxylic acids is 3. The molecule has 2 rings (SSSR count). The van der Waals surface area contributed by atoms with Crippen LogP contribution in [0.2, 0.25) is 0 Å². The lowest BCUT2D eigenvalue weighted by molar-refractivity contribution is -0.145. The average molecular weight is 357 g/mol. The summed E-state index contributed by atoms with van der Waals surface area (Å²) in [7, 11) is 3.18. The normalized spacial score (nSPS) is 9.92. The van der Waals surface area contributed by atoms with Gasteiger partial charge in [-0.05, 0) is 30.3 Å². The zero-order valence-electron chi connectivity index (χ0n) is 14.4. The molecule has 0 radical (unpaired) electrons. The fraction of sp³-hybridized carbons (Fsp3) is 0.235. The van der Waals surface area contributed by atoms with Gasteiger partial charge < -0.3 is 20.3 Å². The number of aromatic nitrogens is 2. The highest BCUT2D eigenvalue weighted by Crippen LogP contribution is 2.09. The van der Waals surface area contributed by atoms with Crippen molar-refractivity contribution < 1.29 is 19.1 Å². The van der Waals surface area contributed by atoms with Gasteiger partial charge in [0.25, 0.3) is 11.8 Å². The maximum atomic E-state index is 11.8. The van der Waals surface area contributed by atoms with Crippen molar-refractivity contribution in [3.63, 3.8) is 0 Å². The number of rotatable bonds is 7. The number of ether oxygens (including phenoxy) is 1. The van der Waals surface area contributed by atoms with E-state index in [4.69, 9.17) is 4.74 Å². The molecule has 136 valence electrons. The molecule has 0 atom stereocenters. The van der Waals surface area contributed by atoms with E-state index in [1.807, 2.05) is 0 Å². The van der Waals surface area contributed by atoms with Crippen molar-refractivity contribution in [1.82, 2.24) is 15.3 Å². The van der Waals surface area contributed by atoms with Gasteiger partial charge in [0.1, 0.15) is 6.54 Å². The van der Waals surface area contributed by atoms with E-state index in [9.17, 15) is 14.4 Å². The molecular formula is C17H19N5O4. The van der Waals surface area contributed by atoms with Gasteiger partial charge >= 0.3 is 5.97 Å². The standard InChI is InChI=1S/C17H19N5O4/c1-18-16(25)12-4-6-13(7-5-12)21-14(23)11-26-15(24)10-22(2)17-19-8-3-9-20-17/h3-9H,10-11H2,1-2H3,(H,18,25)(H,21,23). The smallest absolute Gasteiger partial charge is 0.326 e. The Hall–Kier alpha value is -3.49. The van der Waals surface area contributed by atoms with Crippen LogP contribution >= 0.6 is 0 Å². The van der Waals surface area contributed by atoms with E-state index in [1.54, 1.807) is 49.8 Å². The van der Waals surface area contributed by atoms with Crippen molar-refractivity contribution >= 4 is 29.4 Å². The van der Waals surface area contributed by atoms with Crippen molar-refractivity contribution in [1.29, 1.82) is 0 Å². The summed E-state index contributed by atoms with van der Waals surface area (Å²) in [6.07, 6.45) is 3.13. The molecule has 0 unspecified atom stereocenters. The Kier molecular flexibility index (Phi) is 6.60. The summed E-state index contributed by atoms with van der Waals surface area (Å²) in [5.74, 6) is -0.900. The molecule has 0 aliphatic heterocycles. The molecule has 0 saturated heterocycles. The molecule has 0 spiro atoms. The summed E-state index contributed by atoms with van der Waals surface area (Å²) in [6.45, 7) is -0.502. The predicted octanol–water partition coefficient (Wildman–Crippen LogP) is 0.454. The summed E-state index contributed by atoms with van der Waals surface area (Å²) in [6, 6.07) is 8.00. The predicted molar refractivity (Wildman–Crippen MR) is 94.7 cm³/mol. The molecule has 9 nitrogen and oxygen atoms in total. The van der Waals surface area contributed by atoms with Crippen LogP contribution in [0.15, 0.2) is 42.7 Å². The van der Waals surface area contributed by atoms with Gasteiger partial charge in [-0.15, -0.1) is 0 Å². The highest BCUT2D eigenvalue weighted by Gasteiger charge is 2.12. The fourth-order valence-corrected chi connectivity index (χ4v) is 1.99. The van der Waals surface area contributed by atoms with Crippen molar-refractivity contribution in [2.45, 2.75) is 0 Å². The number of esters is 1. The summed E-state index contributed by atoms with van der Waals surface area (Å²) >= 11 is 0. The van der Waals surface area contributed by atoms with E-state index in [1.165, 1.54) is 11.9 Å². The monoisotopic (exact) mass is 357 g/mol. The Balaban J connectivity index is 1.77. The minimum Gasteiger partial charge on any atom is -0.454 e. The minimum absolute atomic E-state index is 0.0852. The molecule has 0 fully saturated rings. The molecule has 0 aliphatic carbocycles. The number of hydrogen-bond acceptors (Lipinski definition) is 7. The maximum absolute atomic E-state index is 11.8. The van der Waals surface area contributed by atoms with Gasteiger partial charge in [-0.25, -0.2) is 9.97 Å². The lowest BCUT2D eigenvalue weighted by Gasteiger charge is -2.15. The quantitative estimate of drug-likeness (QED) is 0.692. The highest BCUT2D eigenvalue weighted by molar-refractivity contribution is 5.96. The first-order chi connectivity index (χ1) is 12.5. The molecule has 9 heteroatoms. The molecule has 26 heavy (non-hydrogen) atoms. The van der Waals surface area contributed by atoms with E-state index in [2.05, 4.69) is 20.6 Å². The number of carbonyl (C=O) groups is 3. The topological polar surface area (TPSA) is 114 Å². The Bertz CT molecular complexity index is 764. The van der Waals surface area contributed by atoms with Crippen molar-refractivity contribution in [3.8, 4) is 0 Å². The average Bonchev–Trinajstić information content (AvgIpc) is 2.67. The second-order valence-corrected chi connectivity index (χ2v) is 5.27. The van der Waals surface area contributed by atoms with Crippen LogP contribution in [0.25, 0.3) is 0 Å². The summed E-state index contributed by atoms with van der Waals surface area (Å²) in [5, 5.41) is 5.09. The Morgan fingerprint density at radius 2 is 1.77 bits per heavy atom. The molecule has 1 aromatic carbocycles. The number of nitrogens with one attached hydrogen (secondary N) is 2. The Morgan fingerprint density at radius 3 is 2.38 bits per heavy atom. The third kappa shape index (κ3) is 5.55.